The Hall–Kier alpha value is -2.58. The van der Waals surface area contributed by atoms with Crippen LogP contribution in [-0.2, 0) is 43.9 Å². The Morgan fingerprint density at radius 2 is 1.71 bits per heavy atom. The van der Waals surface area contributed by atoms with Gasteiger partial charge in [0, 0.05) is 18.8 Å². The molecular weight excluding hydrogens is 668 g/mol. The lowest BCUT2D eigenvalue weighted by Gasteiger charge is -2.29. The number of imidazole rings is 1. The van der Waals surface area contributed by atoms with Crippen LogP contribution in [0.3, 0.4) is 0 Å². The summed E-state index contributed by atoms with van der Waals surface area (Å²) in [6, 6.07) is 0. The molecule has 0 saturated carbocycles. The molecule has 0 amide bonds. The molecule has 16 nitrogen and oxygen atoms in total. The number of nitrogens with two attached hydrogens (primary N) is 1. The Kier molecular flexibility index (Phi) is 7.79. The molecule has 45 heavy (non-hydrogen) atoms. The molecule has 4 aliphatic heterocycles. The van der Waals surface area contributed by atoms with Crippen molar-refractivity contribution in [3.8, 4) is 0 Å². The number of aliphatic imine (C=N–C) groups is 1. The predicted octanol–water partition coefficient (Wildman–Crippen LogP) is 2.12. The number of nitrogen functional groups attached to an aromatic ring is 1. The van der Waals surface area contributed by atoms with Crippen LogP contribution in [0.5, 0.6) is 0 Å². The Morgan fingerprint density at radius 1 is 1.04 bits per heavy atom. The number of alkyl halides is 2. The molecule has 0 aromatic carbocycles. The summed E-state index contributed by atoms with van der Waals surface area (Å²) >= 11 is 5.11. The molecule has 3 fully saturated rings. The second-order valence-corrected chi connectivity index (χ2v) is 14.7. The standard InChI is InChI=1S/C22H21BF3N7O9P2S/c23-43(35)37-4-10-17(14(26)22(40-10)33-7-31-15-18(27)29-6-30-20(15)33)42-44(36,45)38-5-11-16(41-43)13(25)21(39-11)32-3-8(24)12-9(34)1-2-28-19(12)32/h2-3,6-7,10-11,13-14,16-17,21-22H,1,4-5H2,(H,36,45)(H2,27,29,30)/t10-,11-,13+,14?,16?,17+,21-,22-,43?,44?/m1/s1. The number of Topliss-reactive ketones (excluding diaryl/α,β-unsaturated/α-hetero) is 1. The van der Waals surface area contributed by atoms with Crippen molar-refractivity contribution in [2.45, 2.75) is 55.6 Å². The van der Waals surface area contributed by atoms with Gasteiger partial charge in [-0.2, -0.15) is 0 Å². The van der Waals surface area contributed by atoms with Gasteiger partial charge in [-0.05, 0) is 11.8 Å². The van der Waals surface area contributed by atoms with Gasteiger partial charge < -0.3 is 33.7 Å². The summed E-state index contributed by atoms with van der Waals surface area (Å²) in [5.41, 5.74) is 5.75. The molecule has 4 unspecified atom stereocenters. The number of rotatable bonds is 2. The van der Waals surface area contributed by atoms with Crippen LogP contribution in [0.4, 0.5) is 24.8 Å². The minimum Gasteiger partial charge on any atom is -0.382 e. The van der Waals surface area contributed by atoms with Crippen molar-refractivity contribution in [1.29, 1.82) is 0 Å². The Balaban J connectivity index is 1.16. The van der Waals surface area contributed by atoms with Crippen LogP contribution in [0, 0.1) is 5.82 Å². The molecule has 23 heteroatoms. The highest BCUT2D eigenvalue weighted by Gasteiger charge is 2.54. The number of aromatic nitrogens is 5. The van der Waals surface area contributed by atoms with Crippen LogP contribution in [0.15, 0.2) is 23.8 Å². The number of fused-ring (bicyclic) bond motifs is 4. The molecule has 3 aromatic rings. The lowest BCUT2D eigenvalue weighted by Crippen LogP contribution is -2.37. The van der Waals surface area contributed by atoms with E-state index in [1.54, 1.807) is 0 Å². The molecule has 7 rings (SSSR count). The van der Waals surface area contributed by atoms with E-state index in [1.807, 2.05) is 0 Å². The van der Waals surface area contributed by atoms with Gasteiger partial charge in [-0.15, -0.1) is 0 Å². The average Bonchev–Trinajstić information content (AvgIpc) is 3.71. The van der Waals surface area contributed by atoms with Gasteiger partial charge in [0.05, 0.1) is 25.1 Å². The van der Waals surface area contributed by atoms with Gasteiger partial charge in [0.15, 0.2) is 47.9 Å². The number of ether oxygens (including phenoxy) is 2. The van der Waals surface area contributed by atoms with Gasteiger partial charge >= 0.3 is 6.72 Å². The van der Waals surface area contributed by atoms with E-state index in [4.69, 9.17) is 52.7 Å². The third-order valence-electron chi connectivity index (χ3n) is 7.54. The van der Waals surface area contributed by atoms with E-state index in [-0.39, 0.29) is 34.8 Å². The summed E-state index contributed by atoms with van der Waals surface area (Å²) in [4.78, 5) is 39.1. The molecule has 3 aromatic heterocycles. The van der Waals surface area contributed by atoms with E-state index >= 15 is 8.78 Å². The molecule has 2 radical (unpaired) electrons. The number of ketones is 1. The second-order valence-electron chi connectivity index (χ2n) is 10.4. The van der Waals surface area contributed by atoms with Crippen molar-refractivity contribution in [3.63, 3.8) is 0 Å². The van der Waals surface area contributed by atoms with E-state index in [0.717, 1.165) is 17.1 Å². The monoisotopic (exact) mass is 689 g/mol. The topological polar surface area (TPSA) is 197 Å². The number of nitrogens with zero attached hydrogens (tertiary/aromatic N) is 6. The Labute approximate surface area is 257 Å². The second kappa shape index (κ2) is 11.3. The van der Waals surface area contributed by atoms with Crippen molar-refractivity contribution >= 4 is 68.4 Å². The van der Waals surface area contributed by atoms with Gasteiger partial charge in [0.1, 0.15) is 42.1 Å². The zero-order valence-electron chi connectivity index (χ0n) is 22.5. The summed E-state index contributed by atoms with van der Waals surface area (Å²) in [5.74, 6) is -1.70. The fraction of sp³-hybridized carbons (Fsp3) is 0.500. The largest absolute Gasteiger partial charge is 0.382 e. The first-order valence-electron chi connectivity index (χ1n) is 13.2. The quantitative estimate of drug-likeness (QED) is 0.293. The first-order valence-corrected chi connectivity index (χ1v) is 17.4. The molecular formula is C22H21BF3N7O9P2S. The van der Waals surface area contributed by atoms with Crippen molar-refractivity contribution in [3.05, 3.63) is 30.2 Å². The normalized spacial score (nSPS) is 38.8. The van der Waals surface area contributed by atoms with Crippen LogP contribution >= 0.6 is 14.2 Å². The minimum absolute atomic E-state index is 0.0305. The van der Waals surface area contributed by atoms with Crippen LogP contribution in [0.2, 0.25) is 0 Å². The fourth-order valence-electron chi connectivity index (χ4n) is 5.53. The first-order chi connectivity index (χ1) is 21.3. The van der Waals surface area contributed by atoms with E-state index in [2.05, 4.69) is 19.9 Å². The van der Waals surface area contributed by atoms with Gasteiger partial charge in [-0.1, -0.05) is 0 Å². The number of hydrogen-bond acceptors (Lipinski definition) is 14. The van der Waals surface area contributed by atoms with Gasteiger partial charge in [-0.3, -0.25) is 23.0 Å². The van der Waals surface area contributed by atoms with Crippen molar-refractivity contribution in [2.24, 2.45) is 4.99 Å². The minimum atomic E-state index is -4.65. The molecule has 0 spiro atoms. The van der Waals surface area contributed by atoms with Gasteiger partial charge in [0.2, 0.25) is 7.57 Å². The lowest BCUT2D eigenvalue weighted by molar-refractivity contribution is -0.0568. The van der Waals surface area contributed by atoms with E-state index in [9.17, 15) is 18.6 Å². The highest BCUT2D eigenvalue weighted by Crippen LogP contribution is 2.54. The maximum absolute atomic E-state index is 16.0. The number of hydrogen-bond donors (Lipinski definition) is 2. The van der Waals surface area contributed by atoms with Gasteiger partial charge in [-0.25, -0.2) is 33.1 Å². The molecule has 10 atom stereocenters. The summed E-state index contributed by atoms with van der Waals surface area (Å²) in [6.07, 6.45) is -9.49. The zero-order chi connectivity index (χ0) is 31.8. The van der Waals surface area contributed by atoms with Crippen molar-refractivity contribution < 1.29 is 55.0 Å². The van der Waals surface area contributed by atoms with Crippen LogP contribution in [-0.4, -0.2) is 98.5 Å². The van der Waals surface area contributed by atoms with Crippen LogP contribution in [0.1, 0.15) is 29.2 Å². The summed E-state index contributed by atoms with van der Waals surface area (Å²) in [5, 5.41) is 0. The third kappa shape index (κ3) is 5.48. The molecule has 3 N–H and O–H groups in total. The maximum atomic E-state index is 16.0. The summed E-state index contributed by atoms with van der Waals surface area (Å²) in [6.45, 7) is -5.79. The molecule has 0 aliphatic carbocycles. The first kappa shape index (κ1) is 31.0. The highest BCUT2D eigenvalue weighted by molar-refractivity contribution is 8.07. The fourth-order valence-corrected chi connectivity index (χ4v) is 7.97. The Bertz CT molecular complexity index is 1820. The Morgan fingerprint density at radius 3 is 2.44 bits per heavy atom. The smallest absolute Gasteiger partial charge is 0.325 e. The number of anilines is 1. The lowest BCUT2D eigenvalue weighted by atomic mass is 10.1. The summed E-state index contributed by atoms with van der Waals surface area (Å²) in [7, 11) is 1.14. The molecule has 3 saturated heterocycles. The van der Waals surface area contributed by atoms with Crippen molar-refractivity contribution in [2.75, 3.05) is 18.9 Å². The SMILES string of the molecule is [B]P1(=O)OC[C@H]2O[C@@H](n3cnc4c(N)ncnc43)C(F)[C@H]2OP(O)(=S)OC[C@H]2O[C@@H](n3cc(F)c4c3N=CCC4=O)[C@@H](F)C2O1. The van der Waals surface area contributed by atoms with Crippen LogP contribution in [0.25, 0.3) is 11.2 Å². The van der Waals surface area contributed by atoms with Crippen molar-refractivity contribution in [1.82, 2.24) is 24.1 Å². The summed E-state index contributed by atoms with van der Waals surface area (Å²) < 4.78 is 95.0. The number of carbonyl (C=O) groups excluding carboxylic acids is 1. The van der Waals surface area contributed by atoms with Crippen LogP contribution < -0.4 is 5.73 Å². The number of halogens is 3. The maximum Gasteiger partial charge on any atom is 0.325 e. The number of carbonyl (C=O) groups is 1. The third-order valence-corrected chi connectivity index (χ3v) is 10.1. The average molecular weight is 689 g/mol. The van der Waals surface area contributed by atoms with E-state index < -0.39 is 88.2 Å². The van der Waals surface area contributed by atoms with E-state index in [1.165, 1.54) is 17.1 Å². The predicted molar refractivity (Wildman–Crippen MR) is 150 cm³/mol. The van der Waals surface area contributed by atoms with E-state index in [0.29, 0.717) is 0 Å². The zero-order valence-corrected chi connectivity index (χ0v) is 25.1. The molecule has 7 heterocycles. The molecule has 0 bridgehead atoms. The molecule has 238 valence electrons. The van der Waals surface area contributed by atoms with Gasteiger partial charge in [0.25, 0.3) is 7.47 Å². The molecule has 4 aliphatic rings. The highest BCUT2D eigenvalue weighted by atomic mass is 32.5.